The lowest BCUT2D eigenvalue weighted by Gasteiger charge is -2.15. The third-order valence-electron chi connectivity index (χ3n) is 4.93. The molecule has 0 radical (unpaired) electrons. The van der Waals surface area contributed by atoms with E-state index in [-0.39, 0.29) is 0 Å². The van der Waals surface area contributed by atoms with E-state index in [0.29, 0.717) is 0 Å². The maximum Gasteiger partial charge on any atom is 0.109 e. The van der Waals surface area contributed by atoms with Gasteiger partial charge in [0.25, 0.3) is 0 Å². The number of benzene rings is 3. The van der Waals surface area contributed by atoms with Crippen molar-refractivity contribution in [3.05, 3.63) is 90.5 Å². The van der Waals surface area contributed by atoms with Gasteiger partial charge in [-0.1, -0.05) is 72.4 Å². The van der Waals surface area contributed by atoms with Gasteiger partial charge in [0.2, 0.25) is 0 Å². The molecule has 2 nitrogen and oxygen atoms in total. The first kappa shape index (κ1) is 20.3. The van der Waals surface area contributed by atoms with Crippen molar-refractivity contribution in [3.8, 4) is 0 Å². The summed E-state index contributed by atoms with van der Waals surface area (Å²) >= 11 is 3.72. The largest absolute Gasteiger partial charge is 0.303 e. The number of rotatable bonds is 7. The summed E-state index contributed by atoms with van der Waals surface area (Å²) < 4.78 is 0. The van der Waals surface area contributed by atoms with E-state index in [9.17, 15) is 0 Å². The summed E-state index contributed by atoms with van der Waals surface area (Å²) in [6.07, 6.45) is 2.71. The molecule has 3 aromatic carbocycles. The van der Waals surface area contributed by atoms with Gasteiger partial charge in [0, 0.05) is 27.7 Å². The Bertz CT molecular complexity index is 920. The van der Waals surface area contributed by atoms with E-state index < -0.39 is 0 Å². The predicted octanol–water partition coefficient (Wildman–Crippen LogP) is 6.75. The topological polar surface area (TPSA) is 15.6 Å². The fraction of sp³-hybridized carbons (Fsp3) is 0.240. The van der Waals surface area contributed by atoms with Gasteiger partial charge in [-0.15, -0.1) is 11.8 Å². The van der Waals surface area contributed by atoms with Crippen molar-refractivity contribution in [2.75, 3.05) is 25.4 Å². The van der Waals surface area contributed by atoms with Crippen LogP contribution in [0.2, 0.25) is 0 Å². The lowest BCUT2D eigenvalue weighted by Crippen LogP contribution is -2.21. The fourth-order valence-electron chi connectivity index (χ4n) is 3.40. The minimum atomic E-state index is 0.984. The van der Waals surface area contributed by atoms with Crippen LogP contribution in [0.3, 0.4) is 0 Å². The third kappa shape index (κ3) is 5.99. The molecule has 0 bridgehead atoms. The SMILES string of the molecule is c1ccc(N=C(Sc2ccccc2SCCN2CCCC2)c2ccccc2)cc1. The van der Waals surface area contributed by atoms with Crippen LogP contribution >= 0.6 is 23.5 Å². The Morgan fingerprint density at radius 3 is 2.10 bits per heavy atom. The third-order valence-corrected chi connectivity index (χ3v) is 7.21. The van der Waals surface area contributed by atoms with Gasteiger partial charge in [-0.2, -0.15) is 0 Å². The number of nitrogens with zero attached hydrogens (tertiary/aromatic N) is 2. The average Bonchev–Trinajstić information content (AvgIpc) is 3.29. The van der Waals surface area contributed by atoms with Crippen molar-refractivity contribution >= 4 is 34.3 Å². The Labute approximate surface area is 182 Å². The van der Waals surface area contributed by atoms with E-state index in [2.05, 4.69) is 71.6 Å². The van der Waals surface area contributed by atoms with E-state index in [1.807, 2.05) is 30.0 Å². The smallest absolute Gasteiger partial charge is 0.109 e. The van der Waals surface area contributed by atoms with E-state index in [1.54, 1.807) is 11.8 Å². The second-order valence-electron chi connectivity index (χ2n) is 7.06. The van der Waals surface area contributed by atoms with Crippen LogP contribution in [0.15, 0.2) is 99.7 Å². The summed E-state index contributed by atoms with van der Waals surface area (Å²) in [5.41, 5.74) is 2.14. The monoisotopic (exact) mass is 418 g/mol. The van der Waals surface area contributed by atoms with Crippen LogP contribution in [0.5, 0.6) is 0 Å². The molecule has 29 heavy (non-hydrogen) atoms. The zero-order valence-electron chi connectivity index (χ0n) is 16.5. The Morgan fingerprint density at radius 1 is 0.759 bits per heavy atom. The molecule has 0 amide bonds. The van der Waals surface area contributed by atoms with Gasteiger partial charge < -0.3 is 4.90 Å². The van der Waals surface area contributed by atoms with Crippen molar-refractivity contribution < 1.29 is 0 Å². The number of para-hydroxylation sites is 1. The van der Waals surface area contributed by atoms with Gasteiger partial charge in [0.15, 0.2) is 0 Å². The van der Waals surface area contributed by atoms with Crippen molar-refractivity contribution in [3.63, 3.8) is 0 Å². The molecule has 0 saturated carbocycles. The molecule has 1 saturated heterocycles. The average molecular weight is 419 g/mol. The van der Waals surface area contributed by atoms with E-state index in [1.165, 1.54) is 42.3 Å². The standard InChI is InChI=1S/C25H26N2S2/c1-3-11-21(12-4-1)25(26-22-13-5-2-6-14-22)29-24-16-8-7-15-23(24)28-20-19-27-17-9-10-18-27/h1-8,11-16H,9-10,17-20H2. The Balaban J connectivity index is 1.53. The number of thioether (sulfide) groups is 2. The highest BCUT2D eigenvalue weighted by atomic mass is 32.2. The van der Waals surface area contributed by atoms with Crippen molar-refractivity contribution in [1.82, 2.24) is 4.90 Å². The number of hydrogen-bond acceptors (Lipinski definition) is 4. The molecule has 4 heteroatoms. The van der Waals surface area contributed by atoms with Crippen LogP contribution in [-0.4, -0.2) is 35.3 Å². The fourth-order valence-corrected chi connectivity index (χ4v) is 5.58. The summed E-state index contributed by atoms with van der Waals surface area (Å²) in [4.78, 5) is 10.2. The second-order valence-corrected chi connectivity index (χ2v) is 9.23. The predicted molar refractivity (Wildman–Crippen MR) is 128 cm³/mol. The van der Waals surface area contributed by atoms with Gasteiger partial charge in [-0.3, -0.25) is 0 Å². The van der Waals surface area contributed by atoms with Crippen molar-refractivity contribution in [1.29, 1.82) is 0 Å². The van der Waals surface area contributed by atoms with E-state index in [0.717, 1.165) is 22.0 Å². The van der Waals surface area contributed by atoms with Gasteiger partial charge >= 0.3 is 0 Å². The lowest BCUT2D eigenvalue weighted by molar-refractivity contribution is 0.362. The Hall–Kier alpha value is -2.01. The first-order chi connectivity index (χ1) is 14.4. The highest BCUT2D eigenvalue weighted by molar-refractivity contribution is 8.15. The molecule has 4 rings (SSSR count). The first-order valence-electron chi connectivity index (χ1n) is 10.2. The van der Waals surface area contributed by atoms with Gasteiger partial charge in [-0.05, 0) is 50.2 Å². The number of hydrogen-bond donors (Lipinski definition) is 0. The quantitative estimate of drug-likeness (QED) is 0.240. The van der Waals surface area contributed by atoms with Crippen LogP contribution < -0.4 is 0 Å². The molecule has 1 fully saturated rings. The number of aliphatic imine (C=N–C) groups is 1. The van der Waals surface area contributed by atoms with Gasteiger partial charge in [0.05, 0.1) is 5.69 Å². The molecule has 0 aromatic heterocycles. The molecule has 0 spiro atoms. The van der Waals surface area contributed by atoms with Crippen LogP contribution in [-0.2, 0) is 0 Å². The summed E-state index contributed by atoms with van der Waals surface area (Å²) in [5.74, 6) is 1.13. The maximum atomic E-state index is 4.97. The molecule has 3 aromatic rings. The zero-order valence-corrected chi connectivity index (χ0v) is 18.2. The molecular formula is C25H26N2S2. The summed E-state index contributed by atoms with van der Waals surface area (Å²) in [6, 6.07) is 29.4. The second kappa shape index (κ2) is 10.7. The minimum absolute atomic E-state index is 0.984. The summed E-state index contributed by atoms with van der Waals surface area (Å²) in [5, 5.41) is 1.03. The normalized spacial score (nSPS) is 15.0. The van der Waals surface area contributed by atoms with Crippen molar-refractivity contribution in [2.45, 2.75) is 22.6 Å². The Kier molecular flexibility index (Phi) is 7.46. The van der Waals surface area contributed by atoms with Gasteiger partial charge in [0.1, 0.15) is 5.04 Å². The highest BCUT2D eigenvalue weighted by Gasteiger charge is 2.13. The molecule has 1 aliphatic rings. The van der Waals surface area contributed by atoms with Crippen LogP contribution in [0.1, 0.15) is 18.4 Å². The molecule has 1 aliphatic heterocycles. The molecule has 0 aliphatic carbocycles. The summed E-state index contributed by atoms with van der Waals surface area (Å²) in [7, 11) is 0. The first-order valence-corrected chi connectivity index (χ1v) is 12.0. The van der Waals surface area contributed by atoms with E-state index in [4.69, 9.17) is 4.99 Å². The van der Waals surface area contributed by atoms with Crippen LogP contribution in [0.4, 0.5) is 5.69 Å². The van der Waals surface area contributed by atoms with Gasteiger partial charge in [-0.25, -0.2) is 4.99 Å². The zero-order chi connectivity index (χ0) is 19.7. The van der Waals surface area contributed by atoms with E-state index >= 15 is 0 Å². The Morgan fingerprint density at radius 2 is 1.38 bits per heavy atom. The molecule has 0 atom stereocenters. The molecule has 0 unspecified atom stereocenters. The summed E-state index contributed by atoms with van der Waals surface area (Å²) in [6.45, 7) is 3.70. The van der Waals surface area contributed by atoms with Crippen LogP contribution in [0.25, 0.3) is 0 Å². The highest BCUT2D eigenvalue weighted by Crippen LogP contribution is 2.34. The molecule has 148 valence electrons. The molecule has 0 N–H and O–H groups in total. The number of likely N-dealkylation sites (tertiary alicyclic amines) is 1. The van der Waals surface area contributed by atoms with Crippen molar-refractivity contribution in [2.24, 2.45) is 4.99 Å². The maximum absolute atomic E-state index is 4.97. The molecule has 1 heterocycles. The van der Waals surface area contributed by atoms with Crippen LogP contribution in [0, 0.1) is 0 Å². The molecular weight excluding hydrogens is 392 g/mol. The lowest BCUT2D eigenvalue weighted by atomic mass is 10.2. The minimum Gasteiger partial charge on any atom is -0.303 e.